The normalized spacial score (nSPS) is 17.6. The molecule has 0 aliphatic carbocycles. The van der Waals surface area contributed by atoms with Crippen LogP contribution >= 0.6 is 11.8 Å². The van der Waals surface area contributed by atoms with Crippen LogP contribution < -0.4 is 10.2 Å². The molecule has 36 heavy (non-hydrogen) atoms. The van der Waals surface area contributed by atoms with Gasteiger partial charge in [-0.2, -0.15) is 5.10 Å². The van der Waals surface area contributed by atoms with E-state index in [1.165, 1.54) is 11.8 Å². The van der Waals surface area contributed by atoms with Crippen LogP contribution in [0.25, 0.3) is 0 Å². The summed E-state index contributed by atoms with van der Waals surface area (Å²) >= 11 is 1.52. The summed E-state index contributed by atoms with van der Waals surface area (Å²) in [7, 11) is 0. The quantitative estimate of drug-likeness (QED) is 0.419. The predicted octanol–water partition coefficient (Wildman–Crippen LogP) is 3.84. The topological polar surface area (TPSA) is 99.3 Å². The lowest BCUT2D eigenvalue weighted by molar-refractivity contribution is -0.118. The maximum absolute atomic E-state index is 11.8. The molecule has 2 fully saturated rings. The Bertz CT molecular complexity index is 1200. The van der Waals surface area contributed by atoms with E-state index in [0.717, 1.165) is 67.2 Å². The number of benzene rings is 1. The summed E-state index contributed by atoms with van der Waals surface area (Å²) in [6.45, 7) is 11.6. The Morgan fingerprint density at radius 2 is 1.89 bits per heavy atom. The van der Waals surface area contributed by atoms with E-state index in [9.17, 15) is 4.79 Å². The highest BCUT2D eigenvalue weighted by Gasteiger charge is 2.44. The highest BCUT2D eigenvalue weighted by Crippen LogP contribution is 2.35. The lowest BCUT2D eigenvalue weighted by Gasteiger charge is -2.55. The number of morpholine rings is 1. The third kappa shape index (κ3) is 5.71. The van der Waals surface area contributed by atoms with Crippen molar-refractivity contribution in [2.75, 3.05) is 49.6 Å². The summed E-state index contributed by atoms with van der Waals surface area (Å²) in [5.74, 6) is 2.58. The molecule has 0 spiro atoms. The number of ether oxygens (including phenoxy) is 1. The number of nitrogens with zero attached hydrogens (tertiary/aromatic N) is 5. The molecule has 2 saturated heterocycles. The number of ketones is 1. The van der Waals surface area contributed by atoms with Gasteiger partial charge in [-0.05, 0) is 43.3 Å². The maximum atomic E-state index is 11.8. The average molecular weight is 508 g/mol. The van der Waals surface area contributed by atoms with E-state index in [0.29, 0.717) is 23.8 Å². The molecule has 0 unspecified atom stereocenters. The van der Waals surface area contributed by atoms with Gasteiger partial charge in [-0.3, -0.25) is 14.8 Å². The van der Waals surface area contributed by atoms with E-state index in [2.05, 4.69) is 32.2 Å². The molecular weight excluding hydrogens is 474 g/mol. The molecule has 1 aromatic carbocycles. The van der Waals surface area contributed by atoms with Crippen molar-refractivity contribution in [3.8, 4) is 0 Å². The summed E-state index contributed by atoms with van der Waals surface area (Å²) in [5.41, 5.74) is 2.13. The molecular formula is C26H33N7O2S. The molecule has 0 saturated carbocycles. The highest BCUT2D eigenvalue weighted by atomic mass is 32.2. The molecule has 2 aliphatic heterocycles. The number of aromatic nitrogens is 4. The number of carbonyl (C=O) groups is 1. The molecule has 10 heteroatoms. The zero-order valence-corrected chi connectivity index (χ0v) is 21.9. The van der Waals surface area contributed by atoms with Gasteiger partial charge in [-0.25, -0.2) is 9.97 Å². The minimum atomic E-state index is 0.126. The van der Waals surface area contributed by atoms with Crippen LogP contribution in [0.4, 0.5) is 17.5 Å². The van der Waals surface area contributed by atoms with E-state index >= 15 is 0 Å². The summed E-state index contributed by atoms with van der Waals surface area (Å²) in [6, 6.07) is 12.0. The molecule has 9 nitrogen and oxygen atoms in total. The molecule has 3 aromatic rings. The van der Waals surface area contributed by atoms with Gasteiger partial charge in [-0.15, -0.1) is 0 Å². The van der Waals surface area contributed by atoms with E-state index in [-0.39, 0.29) is 11.3 Å². The summed E-state index contributed by atoms with van der Waals surface area (Å²) in [4.78, 5) is 27.3. The van der Waals surface area contributed by atoms with Crippen molar-refractivity contribution in [3.05, 3.63) is 47.7 Å². The second kappa shape index (κ2) is 10.6. The highest BCUT2D eigenvalue weighted by molar-refractivity contribution is 7.99. The Morgan fingerprint density at radius 3 is 2.56 bits per heavy atom. The van der Waals surface area contributed by atoms with Gasteiger partial charge in [0.2, 0.25) is 0 Å². The van der Waals surface area contributed by atoms with E-state index in [1.807, 2.05) is 50.2 Å². The molecule has 190 valence electrons. The number of anilines is 3. The standard InChI is InChI=1S/C26H33N7O2S/c1-4-20(34)14-19-5-7-21(8-6-19)36-25-28-22(27-23-13-18(2)30-31-23)15-24(29-25)32-16-26(3,17-32)33-9-11-35-12-10-33/h5-8,13,15H,4,9-12,14,16-17H2,1-3H3,(H2,27,28,29,30,31). The van der Waals surface area contributed by atoms with Crippen LogP contribution in [0.3, 0.4) is 0 Å². The first-order valence-electron chi connectivity index (χ1n) is 12.4. The third-order valence-corrected chi connectivity index (χ3v) is 7.62. The minimum Gasteiger partial charge on any atom is -0.379 e. The molecule has 2 N–H and O–H groups in total. The number of aromatic amines is 1. The Morgan fingerprint density at radius 1 is 1.14 bits per heavy atom. The van der Waals surface area contributed by atoms with Gasteiger partial charge in [0.1, 0.15) is 17.4 Å². The van der Waals surface area contributed by atoms with Gasteiger partial charge in [0.15, 0.2) is 11.0 Å². The Balaban J connectivity index is 1.34. The van der Waals surface area contributed by atoms with Crippen molar-refractivity contribution in [1.29, 1.82) is 0 Å². The third-order valence-electron chi connectivity index (χ3n) is 6.74. The summed E-state index contributed by atoms with van der Waals surface area (Å²) < 4.78 is 5.54. The van der Waals surface area contributed by atoms with Gasteiger partial charge >= 0.3 is 0 Å². The van der Waals surface area contributed by atoms with Crippen molar-refractivity contribution in [2.24, 2.45) is 0 Å². The predicted molar refractivity (Wildman–Crippen MR) is 141 cm³/mol. The summed E-state index contributed by atoms with van der Waals surface area (Å²) in [5, 5.41) is 11.2. The van der Waals surface area contributed by atoms with Crippen LogP contribution in [0, 0.1) is 6.92 Å². The number of H-pyrrole nitrogens is 1. The Labute approximate surface area is 216 Å². The first kappa shape index (κ1) is 24.7. The van der Waals surface area contributed by atoms with Crippen LogP contribution in [0.1, 0.15) is 31.5 Å². The Hall–Kier alpha value is -2.95. The molecule has 0 atom stereocenters. The van der Waals surface area contributed by atoms with Crippen LogP contribution in [0.2, 0.25) is 0 Å². The van der Waals surface area contributed by atoms with Crippen molar-refractivity contribution in [1.82, 2.24) is 25.1 Å². The van der Waals surface area contributed by atoms with Crippen LogP contribution in [0.5, 0.6) is 0 Å². The number of nitrogens with one attached hydrogen (secondary N) is 2. The van der Waals surface area contributed by atoms with E-state index in [1.54, 1.807) is 0 Å². The minimum absolute atomic E-state index is 0.126. The fourth-order valence-electron chi connectivity index (χ4n) is 4.67. The zero-order valence-electron chi connectivity index (χ0n) is 21.1. The molecule has 2 aliphatic rings. The van der Waals surface area contributed by atoms with Gasteiger partial charge < -0.3 is 15.0 Å². The number of hydrogen-bond acceptors (Lipinski definition) is 9. The second-order valence-corrected chi connectivity index (χ2v) is 10.8. The van der Waals surface area contributed by atoms with Crippen LogP contribution in [-0.2, 0) is 16.0 Å². The van der Waals surface area contributed by atoms with Crippen molar-refractivity contribution in [2.45, 2.75) is 49.2 Å². The molecule has 0 amide bonds. The van der Waals surface area contributed by atoms with Gasteiger partial charge in [-0.1, -0.05) is 19.1 Å². The number of Topliss-reactive ketones (excluding diaryl/α,β-unsaturated/α-hetero) is 1. The second-order valence-electron chi connectivity index (χ2n) is 9.72. The van der Waals surface area contributed by atoms with Crippen molar-refractivity contribution in [3.63, 3.8) is 0 Å². The first-order valence-corrected chi connectivity index (χ1v) is 13.3. The zero-order chi connectivity index (χ0) is 25.1. The maximum Gasteiger partial charge on any atom is 0.196 e. The number of rotatable bonds is 9. The number of carbonyl (C=O) groups excluding carboxylic acids is 1. The largest absolute Gasteiger partial charge is 0.379 e. The fourth-order valence-corrected chi connectivity index (χ4v) is 5.44. The van der Waals surface area contributed by atoms with Gasteiger partial charge in [0, 0.05) is 61.7 Å². The molecule has 2 aromatic heterocycles. The lowest BCUT2D eigenvalue weighted by atomic mass is 9.89. The van der Waals surface area contributed by atoms with E-state index in [4.69, 9.17) is 14.7 Å². The van der Waals surface area contributed by atoms with Gasteiger partial charge in [0.05, 0.1) is 18.8 Å². The SMILES string of the molecule is CCC(=O)Cc1ccc(Sc2nc(Nc3cc(C)[nH]n3)cc(N3CC(C)(N4CCOCC4)C3)n2)cc1. The summed E-state index contributed by atoms with van der Waals surface area (Å²) in [6.07, 6.45) is 1.03. The van der Waals surface area contributed by atoms with Crippen molar-refractivity contribution >= 4 is 35.0 Å². The molecule has 0 radical (unpaired) electrons. The average Bonchev–Trinajstić information content (AvgIpc) is 3.27. The number of hydrogen-bond donors (Lipinski definition) is 2. The smallest absolute Gasteiger partial charge is 0.196 e. The first-order chi connectivity index (χ1) is 17.4. The Kier molecular flexibility index (Phi) is 7.27. The lowest BCUT2D eigenvalue weighted by Crippen LogP contribution is -2.70. The number of aryl methyl sites for hydroxylation is 1. The molecule has 0 bridgehead atoms. The van der Waals surface area contributed by atoms with Crippen LogP contribution in [-0.4, -0.2) is 75.8 Å². The van der Waals surface area contributed by atoms with Gasteiger partial charge in [0.25, 0.3) is 0 Å². The molecule has 4 heterocycles. The molecule has 5 rings (SSSR count). The monoisotopic (exact) mass is 507 g/mol. The van der Waals surface area contributed by atoms with E-state index < -0.39 is 0 Å². The fraction of sp³-hybridized carbons (Fsp3) is 0.462. The van der Waals surface area contributed by atoms with Crippen molar-refractivity contribution < 1.29 is 9.53 Å². The van der Waals surface area contributed by atoms with Crippen LogP contribution in [0.15, 0.2) is 46.5 Å².